The number of aryl methyl sites for hydroxylation is 5. The largest absolute Gasteiger partial charge is 0.371 e. The van der Waals surface area contributed by atoms with E-state index in [1.54, 1.807) is 0 Å². The summed E-state index contributed by atoms with van der Waals surface area (Å²) in [6, 6.07) is 20.0. The summed E-state index contributed by atoms with van der Waals surface area (Å²) in [4.78, 5) is 6.84. The van der Waals surface area contributed by atoms with Crippen LogP contribution in [0, 0.1) is 20.8 Å². The van der Waals surface area contributed by atoms with Gasteiger partial charge in [0.15, 0.2) is 0 Å². The van der Waals surface area contributed by atoms with Gasteiger partial charge in [0, 0.05) is 39.5 Å². The normalized spacial score (nSPS) is 12.6. The SMILES string of the molecule is CCc1sc2ccccc2c1-c1cn(C)c(C(Nc2c(C(C)C)cccc2C(C)C)c2c(C)cc(C)cc2C)n1. The van der Waals surface area contributed by atoms with Crippen molar-refractivity contribution in [1.82, 2.24) is 9.55 Å². The third kappa shape index (κ3) is 5.10. The number of nitrogens with one attached hydrogen (secondary N) is 1. The van der Waals surface area contributed by atoms with E-state index in [-0.39, 0.29) is 6.04 Å². The first kappa shape index (κ1) is 28.2. The molecule has 1 atom stereocenters. The molecule has 3 aromatic carbocycles. The van der Waals surface area contributed by atoms with Crippen molar-refractivity contribution in [2.75, 3.05) is 5.32 Å². The number of hydrogen-bond donors (Lipinski definition) is 1. The van der Waals surface area contributed by atoms with Gasteiger partial charge >= 0.3 is 0 Å². The second kappa shape index (κ2) is 11.2. The monoisotopic (exact) mass is 549 g/mol. The number of nitrogens with zero attached hydrogens (tertiary/aromatic N) is 2. The molecular formula is C36H43N3S. The van der Waals surface area contributed by atoms with Gasteiger partial charge in [0.25, 0.3) is 0 Å². The fraction of sp³-hybridized carbons (Fsp3) is 0.361. The number of para-hydroxylation sites is 1. The van der Waals surface area contributed by atoms with Crippen molar-refractivity contribution in [3.05, 3.63) is 105 Å². The van der Waals surface area contributed by atoms with Gasteiger partial charge in [0.2, 0.25) is 0 Å². The molecule has 5 rings (SSSR count). The first-order valence-corrected chi connectivity index (χ1v) is 15.4. The van der Waals surface area contributed by atoms with Crippen molar-refractivity contribution in [2.24, 2.45) is 7.05 Å². The second-order valence-electron chi connectivity index (χ2n) is 11.9. The van der Waals surface area contributed by atoms with Crippen molar-refractivity contribution in [3.63, 3.8) is 0 Å². The minimum absolute atomic E-state index is 0.0910. The number of aromatic nitrogens is 2. The second-order valence-corrected chi connectivity index (χ2v) is 13.0. The van der Waals surface area contributed by atoms with Crippen molar-refractivity contribution >= 4 is 27.1 Å². The van der Waals surface area contributed by atoms with Crippen molar-refractivity contribution in [3.8, 4) is 11.3 Å². The maximum Gasteiger partial charge on any atom is 0.136 e. The molecule has 0 aliphatic heterocycles. The molecule has 40 heavy (non-hydrogen) atoms. The molecule has 208 valence electrons. The third-order valence-corrected chi connectivity index (χ3v) is 9.42. The van der Waals surface area contributed by atoms with Crippen LogP contribution in [0.15, 0.2) is 60.8 Å². The highest BCUT2D eigenvalue weighted by Gasteiger charge is 2.27. The number of hydrogen-bond acceptors (Lipinski definition) is 3. The zero-order valence-electron chi connectivity index (χ0n) is 25.5. The van der Waals surface area contributed by atoms with Crippen molar-refractivity contribution in [2.45, 2.75) is 79.7 Å². The van der Waals surface area contributed by atoms with Crippen LogP contribution >= 0.6 is 11.3 Å². The van der Waals surface area contributed by atoms with E-state index in [9.17, 15) is 0 Å². The van der Waals surface area contributed by atoms with Crippen molar-refractivity contribution < 1.29 is 0 Å². The Morgan fingerprint density at radius 1 is 0.875 bits per heavy atom. The third-order valence-electron chi connectivity index (χ3n) is 8.10. The summed E-state index contributed by atoms with van der Waals surface area (Å²) in [5.74, 6) is 1.85. The Hall–Kier alpha value is -3.37. The Morgan fingerprint density at radius 2 is 1.50 bits per heavy atom. The topological polar surface area (TPSA) is 29.9 Å². The van der Waals surface area contributed by atoms with Crippen LogP contribution in [0.5, 0.6) is 0 Å². The van der Waals surface area contributed by atoms with Gasteiger partial charge in [0.1, 0.15) is 11.9 Å². The highest BCUT2D eigenvalue weighted by Crippen LogP contribution is 2.42. The summed E-state index contributed by atoms with van der Waals surface area (Å²) >= 11 is 1.89. The van der Waals surface area contributed by atoms with Gasteiger partial charge in [-0.05, 0) is 72.9 Å². The number of thiophene rings is 1. The Bertz CT molecular complexity index is 1620. The zero-order chi connectivity index (χ0) is 28.7. The molecule has 0 saturated heterocycles. The maximum absolute atomic E-state index is 5.44. The van der Waals surface area contributed by atoms with E-state index in [1.807, 2.05) is 11.3 Å². The Balaban J connectivity index is 1.74. The molecule has 0 fully saturated rings. The highest BCUT2D eigenvalue weighted by molar-refractivity contribution is 7.19. The molecule has 0 aliphatic rings. The van der Waals surface area contributed by atoms with Crippen LogP contribution in [0.1, 0.15) is 96.6 Å². The lowest BCUT2D eigenvalue weighted by Gasteiger charge is -2.28. The molecule has 0 spiro atoms. The molecule has 0 amide bonds. The molecule has 4 heteroatoms. The predicted molar refractivity (Wildman–Crippen MR) is 174 cm³/mol. The van der Waals surface area contributed by atoms with Gasteiger partial charge in [-0.25, -0.2) is 4.98 Å². The standard InChI is InChI=1S/C36H43N3S/c1-10-30-33(28-14-11-12-17-31(28)40-30)29-20-39(9)36(37-29)35(32-24(7)18-23(6)19-25(32)8)38-34-26(21(2)3)15-13-16-27(34)22(4)5/h11-22,35,38H,10H2,1-9H3. The summed E-state index contributed by atoms with van der Waals surface area (Å²) in [5.41, 5.74) is 11.5. The van der Waals surface area contributed by atoms with Crippen LogP contribution in [0.25, 0.3) is 21.3 Å². The van der Waals surface area contributed by atoms with Crippen LogP contribution in [0.2, 0.25) is 0 Å². The van der Waals surface area contributed by atoms with Crippen molar-refractivity contribution in [1.29, 1.82) is 0 Å². The van der Waals surface area contributed by atoms with E-state index >= 15 is 0 Å². The van der Waals surface area contributed by atoms with Gasteiger partial charge < -0.3 is 9.88 Å². The number of imidazole rings is 1. The molecule has 2 aromatic heterocycles. The summed E-state index contributed by atoms with van der Waals surface area (Å²) in [7, 11) is 2.15. The van der Waals surface area contributed by atoms with E-state index in [4.69, 9.17) is 4.98 Å². The predicted octanol–water partition coefficient (Wildman–Crippen LogP) is 10.2. The maximum atomic E-state index is 5.44. The Morgan fingerprint density at radius 3 is 2.10 bits per heavy atom. The minimum Gasteiger partial charge on any atom is -0.371 e. The molecule has 3 nitrogen and oxygen atoms in total. The fourth-order valence-corrected chi connectivity index (χ4v) is 7.42. The lowest BCUT2D eigenvalue weighted by molar-refractivity contribution is 0.733. The average Bonchev–Trinajstić information content (AvgIpc) is 3.47. The zero-order valence-corrected chi connectivity index (χ0v) is 26.3. The smallest absolute Gasteiger partial charge is 0.136 e. The number of rotatable bonds is 8. The van der Waals surface area contributed by atoms with E-state index in [0.29, 0.717) is 11.8 Å². The minimum atomic E-state index is -0.0910. The van der Waals surface area contributed by atoms with Crippen LogP contribution in [0.3, 0.4) is 0 Å². The summed E-state index contributed by atoms with van der Waals surface area (Å²) in [6.07, 6.45) is 3.23. The van der Waals surface area contributed by atoms with Crippen LogP contribution in [-0.2, 0) is 13.5 Å². The average molecular weight is 550 g/mol. The Kier molecular flexibility index (Phi) is 7.92. The molecule has 0 bridgehead atoms. The number of fused-ring (bicyclic) bond motifs is 1. The van der Waals surface area contributed by atoms with Crippen LogP contribution in [-0.4, -0.2) is 9.55 Å². The summed E-state index contributed by atoms with van der Waals surface area (Å²) in [6.45, 7) is 18.1. The van der Waals surface area contributed by atoms with Gasteiger partial charge in [0.05, 0.1) is 5.69 Å². The van der Waals surface area contributed by atoms with Gasteiger partial charge in [-0.3, -0.25) is 0 Å². The van der Waals surface area contributed by atoms with E-state index in [1.165, 1.54) is 59.6 Å². The molecule has 0 radical (unpaired) electrons. The van der Waals surface area contributed by atoms with Gasteiger partial charge in [-0.1, -0.05) is 88.7 Å². The molecule has 2 heterocycles. The molecule has 1 N–H and O–H groups in total. The molecular weight excluding hydrogens is 506 g/mol. The lowest BCUT2D eigenvalue weighted by atomic mass is 9.89. The summed E-state index contributed by atoms with van der Waals surface area (Å²) in [5, 5.41) is 5.40. The van der Waals surface area contributed by atoms with Gasteiger partial charge in [-0.2, -0.15) is 0 Å². The van der Waals surface area contributed by atoms with E-state index < -0.39 is 0 Å². The fourth-order valence-electron chi connectivity index (χ4n) is 6.27. The van der Waals surface area contributed by atoms with Crippen LogP contribution < -0.4 is 5.32 Å². The number of anilines is 1. The van der Waals surface area contributed by atoms with Gasteiger partial charge in [-0.15, -0.1) is 11.3 Å². The molecule has 1 unspecified atom stereocenters. The first-order chi connectivity index (χ1) is 19.1. The molecule has 0 saturated carbocycles. The number of benzene rings is 3. The van der Waals surface area contributed by atoms with E-state index in [2.05, 4.69) is 133 Å². The quantitative estimate of drug-likeness (QED) is 0.209. The lowest BCUT2D eigenvalue weighted by Crippen LogP contribution is -2.21. The first-order valence-electron chi connectivity index (χ1n) is 14.6. The summed E-state index contributed by atoms with van der Waals surface area (Å²) < 4.78 is 3.57. The molecule has 5 aromatic rings. The Labute approximate surface area is 244 Å². The van der Waals surface area contributed by atoms with Crippen LogP contribution in [0.4, 0.5) is 5.69 Å². The highest BCUT2D eigenvalue weighted by atomic mass is 32.1. The molecule has 0 aliphatic carbocycles. The van der Waals surface area contributed by atoms with E-state index in [0.717, 1.165) is 17.9 Å².